The summed E-state index contributed by atoms with van der Waals surface area (Å²) in [6.07, 6.45) is 4.01. The van der Waals surface area contributed by atoms with Crippen molar-refractivity contribution in [2.24, 2.45) is 5.92 Å². The number of nitrogens with one attached hydrogen (secondary N) is 1. The maximum absolute atomic E-state index is 11.8. The number of rotatable bonds is 5. The highest BCUT2D eigenvalue weighted by Gasteiger charge is 2.24. The Balaban J connectivity index is 2.04. The van der Waals surface area contributed by atoms with E-state index in [0.717, 1.165) is 19.1 Å². The van der Waals surface area contributed by atoms with Crippen LogP contribution in [0.1, 0.15) is 29.6 Å². The monoisotopic (exact) mass is 253 g/mol. The first-order valence-electron chi connectivity index (χ1n) is 5.55. The van der Waals surface area contributed by atoms with Crippen LogP contribution in [0.25, 0.3) is 0 Å². The molecule has 0 unspecified atom stereocenters. The summed E-state index contributed by atoms with van der Waals surface area (Å²) >= 11 is 0. The summed E-state index contributed by atoms with van der Waals surface area (Å²) in [5.41, 5.74) is 1.13. The summed E-state index contributed by atoms with van der Waals surface area (Å²) in [5.74, 6) is 0.703. The molecule has 1 aliphatic rings. The van der Waals surface area contributed by atoms with Gasteiger partial charge in [0.05, 0.1) is 6.26 Å². The molecule has 1 N–H and O–H groups in total. The second-order valence-corrected chi connectivity index (χ2v) is 6.27. The summed E-state index contributed by atoms with van der Waals surface area (Å²) in [6.45, 7) is 0. The molecule has 17 heavy (non-hydrogen) atoms. The SMILES string of the molecule is CS(=O)(=O)Nc1ccc(C(=O)CC2CC2)cc1. The number of hydrogen-bond donors (Lipinski definition) is 1. The summed E-state index contributed by atoms with van der Waals surface area (Å²) in [4.78, 5) is 11.8. The zero-order valence-corrected chi connectivity index (χ0v) is 10.5. The molecule has 1 aromatic carbocycles. The lowest BCUT2D eigenvalue weighted by Crippen LogP contribution is -2.09. The molecule has 0 aliphatic heterocycles. The maximum atomic E-state index is 11.8. The minimum atomic E-state index is -3.25. The first-order chi connectivity index (χ1) is 7.94. The zero-order chi connectivity index (χ0) is 12.5. The van der Waals surface area contributed by atoms with Crippen molar-refractivity contribution in [3.8, 4) is 0 Å². The quantitative estimate of drug-likeness (QED) is 0.817. The highest BCUT2D eigenvalue weighted by atomic mass is 32.2. The largest absolute Gasteiger partial charge is 0.294 e. The van der Waals surface area contributed by atoms with Gasteiger partial charge in [0, 0.05) is 17.7 Å². The van der Waals surface area contributed by atoms with Crippen LogP contribution in [0.15, 0.2) is 24.3 Å². The minimum Gasteiger partial charge on any atom is -0.294 e. The van der Waals surface area contributed by atoms with Crippen molar-refractivity contribution in [2.45, 2.75) is 19.3 Å². The van der Waals surface area contributed by atoms with E-state index in [1.165, 1.54) is 0 Å². The van der Waals surface area contributed by atoms with Crippen LogP contribution >= 0.6 is 0 Å². The molecule has 1 saturated carbocycles. The third-order valence-corrected chi connectivity index (χ3v) is 3.29. The fourth-order valence-corrected chi connectivity index (χ4v) is 2.20. The number of carbonyl (C=O) groups is 1. The van der Waals surface area contributed by atoms with E-state index in [1.54, 1.807) is 24.3 Å². The third kappa shape index (κ3) is 3.85. The molecule has 0 amide bonds. The molecule has 0 atom stereocenters. The van der Waals surface area contributed by atoms with Crippen LogP contribution in [0.5, 0.6) is 0 Å². The Kier molecular flexibility index (Phi) is 3.19. The van der Waals surface area contributed by atoms with Crippen molar-refractivity contribution in [3.63, 3.8) is 0 Å². The molecule has 1 fully saturated rings. The van der Waals surface area contributed by atoms with Gasteiger partial charge in [-0.3, -0.25) is 9.52 Å². The van der Waals surface area contributed by atoms with E-state index in [2.05, 4.69) is 4.72 Å². The predicted molar refractivity (Wildman–Crippen MR) is 66.6 cm³/mol. The first-order valence-corrected chi connectivity index (χ1v) is 7.44. The smallest absolute Gasteiger partial charge is 0.229 e. The minimum absolute atomic E-state index is 0.137. The van der Waals surface area contributed by atoms with Gasteiger partial charge in [-0.05, 0) is 43.0 Å². The lowest BCUT2D eigenvalue weighted by atomic mass is 10.1. The number of sulfonamides is 1. The number of Topliss-reactive ketones (excluding diaryl/α,β-unsaturated/α-hetero) is 1. The summed E-state index contributed by atoms with van der Waals surface area (Å²) in [6, 6.07) is 6.55. The second kappa shape index (κ2) is 4.49. The number of ketones is 1. The molecule has 1 aliphatic carbocycles. The molecule has 5 heteroatoms. The molecular formula is C12H15NO3S. The van der Waals surface area contributed by atoms with Crippen LogP contribution in [0.3, 0.4) is 0 Å². The fraction of sp³-hybridized carbons (Fsp3) is 0.417. The van der Waals surface area contributed by atoms with Gasteiger partial charge in [-0.2, -0.15) is 0 Å². The van der Waals surface area contributed by atoms with Crippen molar-refractivity contribution in [2.75, 3.05) is 11.0 Å². The van der Waals surface area contributed by atoms with Gasteiger partial charge in [0.25, 0.3) is 0 Å². The average Bonchev–Trinajstić information content (AvgIpc) is 3.00. The van der Waals surface area contributed by atoms with E-state index in [-0.39, 0.29) is 5.78 Å². The molecule has 0 heterocycles. The van der Waals surface area contributed by atoms with Gasteiger partial charge in [-0.15, -0.1) is 0 Å². The fourth-order valence-electron chi connectivity index (χ4n) is 1.64. The Morgan fingerprint density at radius 2 is 1.88 bits per heavy atom. The molecule has 92 valence electrons. The van der Waals surface area contributed by atoms with E-state index in [9.17, 15) is 13.2 Å². The molecule has 0 saturated heterocycles. The van der Waals surface area contributed by atoms with Crippen LogP contribution in [0, 0.1) is 5.92 Å². The van der Waals surface area contributed by atoms with E-state index in [4.69, 9.17) is 0 Å². The van der Waals surface area contributed by atoms with Gasteiger partial charge in [-0.25, -0.2) is 8.42 Å². The molecule has 0 bridgehead atoms. The Bertz CT molecular complexity index is 515. The number of hydrogen-bond acceptors (Lipinski definition) is 3. The van der Waals surface area contributed by atoms with Gasteiger partial charge >= 0.3 is 0 Å². The van der Waals surface area contributed by atoms with Crippen LogP contribution in [0.2, 0.25) is 0 Å². The van der Waals surface area contributed by atoms with Gasteiger partial charge in [0.1, 0.15) is 0 Å². The van der Waals surface area contributed by atoms with Crippen molar-refractivity contribution in [1.82, 2.24) is 0 Å². The van der Waals surface area contributed by atoms with Crippen molar-refractivity contribution < 1.29 is 13.2 Å². The highest BCUT2D eigenvalue weighted by Crippen LogP contribution is 2.33. The van der Waals surface area contributed by atoms with Crippen molar-refractivity contribution in [1.29, 1.82) is 0 Å². The Labute approximate surface area is 101 Å². The Morgan fingerprint density at radius 3 is 2.35 bits per heavy atom. The Hall–Kier alpha value is -1.36. The maximum Gasteiger partial charge on any atom is 0.229 e. The number of carbonyl (C=O) groups excluding carboxylic acids is 1. The topological polar surface area (TPSA) is 63.2 Å². The van der Waals surface area contributed by atoms with E-state index >= 15 is 0 Å². The number of anilines is 1. The van der Waals surface area contributed by atoms with Gasteiger partial charge in [-0.1, -0.05) is 0 Å². The van der Waals surface area contributed by atoms with Gasteiger partial charge < -0.3 is 0 Å². The summed E-state index contributed by atoms with van der Waals surface area (Å²) in [5, 5.41) is 0. The summed E-state index contributed by atoms with van der Waals surface area (Å²) < 4.78 is 24.4. The standard InChI is InChI=1S/C12H15NO3S/c1-17(15,16)13-11-6-4-10(5-7-11)12(14)8-9-2-3-9/h4-7,9,13H,2-3,8H2,1H3. The highest BCUT2D eigenvalue weighted by molar-refractivity contribution is 7.92. The molecule has 0 radical (unpaired) electrons. The molecule has 0 spiro atoms. The third-order valence-electron chi connectivity index (χ3n) is 2.68. The normalized spacial score (nSPS) is 15.6. The van der Waals surface area contributed by atoms with E-state index in [1.807, 2.05) is 0 Å². The van der Waals surface area contributed by atoms with Crippen LogP contribution in [-0.4, -0.2) is 20.5 Å². The van der Waals surface area contributed by atoms with E-state index < -0.39 is 10.0 Å². The molecule has 2 rings (SSSR count). The van der Waals surface area contributed by atoms with Gasteiger partial charge in [0.2, 0.25) is 10.0 Å². The number of benzene rings is 1. The molecule has 0 aromatic heterocycles. The van der Waals surface area contributed by atoms with Crippen molar-refractivity contribution >= 4 is 21.5 Å². The lowest BCUT2D eigenvalue weighted by molar-refractivity contribution is 0.0976. The average molecular weight is 253 g/mol. The summed E-state index contributed by atoms with van der Waals surface area (Å²) in [7, 11) is -3.25. The van der Waals surface area contributed by atoms with Crippen molar-refractivity contribution in [3.05, 3.63) is 29.8 Å². The molecular weight excluding hydrogens is 238 g/mol. The second-order valence-electron chi connectivity index (χ2n) is 4.52. The molecule has 4 nitrogen and oxygen atoms in total. The Morgan fingerprint density at radius 1 is 1.29 bits per heavy atom. The van der Waals surface area contributed by atoms with Crippen LogP contribution < -0.4 is 4.72 Å². The van der Waals surface area contributed by atoms with Gasteiger partial charge in [0.15, 0.2) is 5.78 Å². The first kappa shape index (κ1) is 12.1. The molecule has 1 aromatic rings. The predicted octanol–water partition coefficient (Wildman–Crippen LogP) is 2.04. The van der Waals surface area contributed by atoms with E-state index in [0.29, 0.717) is 23.6 Å². The lowest BCUT2D eigenvalue weighted by Gasteiger charge is -2.04. The van der Waals surface area contributed by atoms with Crippen LogP contribution in [0.4, 0.5) is 5.69 Å². The zero-order valence-electron chi connectivity index (χ0n) is 9.64. The van der Waals surface area contributed by atoms with Crippen LogP contribution in [-0.2, 0) is 10.0 Å².